The first-order valence-electron chi connectivity index (χ1n) is 8.73. The van der Waals surface area contributed by atoms with Crippen LogP contribution in [0.15, 0.2) is 4.52 Å². The molecule has 1 aliphatic heterocycles. The molecule has 1 aromatic heterocycles. The predicted molar refractivity (Wildman–Crippen MR) is 102 cm³/mol. The van der Waals surface area contributed by atoms with E-state index in [1.807, 2.05) is 18.7 Å². The third kappa shape index (κ3) is 4.88. The van der Waals surface area contributed by atoms with E-state index >= 15 is 0 Å². The molecule has 3 rings (SSSR count). The molecular weight excluding hydrogens is 363 g/mol. The largest absolute Gasteiger partial charge is 0.361 e. The molecular formula is C17H30Cl2N4O2. The number of amides is 1. The van der Waals surface area contributed by atoms with Crippen LogP contribution in [0.25, 0.3) is 0 Å². The fourth-order valence-corrected chi connectivity index (χ4v) is 3.96. The van der Waals surface area contributed by atoms with Crippen molar-refractivity contribution >= 4 is 30.7 Å². The van der Waals surface area contributed by atoms with E-state index < -0.39 is 0 Å². The van der Waals surface area contributed by atoms with Gasteiger partial charge in [-0.2, -0.15) is 0 Å². The number of carbonyl (C=O) groups excluding carboxylic acids is 1. The van der Waals surface area contributed by atoms with Crippen LogP contribution in [0.1, 0.15) is 36.3 Å². The zero-order chi connectivity index (χ0) is 16.4. The summed E-state index contributed by atoms with van der Waals surface area (Å²) in [5.41, 5.74) is 7.98. The molecule has 2 heterocycles. The minimum Gasteiger partial charge on any atom is -0.361 e. The lowest BCUT2D eigenvalue weighted by Gasteiger charge is -2.36. The van der Waals surface area contributed by atoms with E-state index in [0.29, 0.717) is 18.4 Å². The Balaban J connectivity index is 0.00000156. The number of aromatic nitrogens is 1. The summed E-state index contributed by atoms with van der Waals surface area (Å²) in [5.74, 6) is 1.78. The monoisotopic (exact) mass is 392 g/mol. The van der Waals surface area contributed by atoms with Crippen LogP contribution in [0.2, 0.25) is 0 Å². The Morgan fingerprint density at radius 3 is 2.44 bits per heavy atom. The van der Waals surface area contributed by atoms with Crippen molar-refractivity contribution < 1.29 is 9.32 Å². The molecule has 0 unspecified atom stereocenters. The summed E-state index contributed by atoms with van der Waals surface area (Å²) >= 11 is 0. The van der Waals surface area contributed by atoms with Gasteiger partial charge < -0.3 is 15.2 Å². The number of nitrogens with two attached hydrogens (primary N) is 1. The Morgan fingerprint density at radius 2 is 1.88 bits per heavy atom. The average Bonchev–Trinajstić information content (AvgIpc) is 3.16. The summed E-state index contributed by atoms with van der Waals surface area (Å²) < 4.78 is 5.23. The van der Waals surface area contributed by atoms with Crippen molar-refractivity contribution in [2.75, 3.05) is 32.7 Å². The van der Waals surface area contributed by atoms with Crippen molar-refractivity contribution in [2.45, 2.75) is 39.7 Å². The standard InChI is InChI=1S/C17H28N4O2.2ClH/c1-12-16(13(2)23-19-12)11-20-6-8-21(9-7-20)17(22)15-5-3-4-14(15)10-18;;/h14-15H,3-11,18H2,1-2H3;2*1H/t14-,15-;;/m1../s1. The van der Waals surface area contributed by atoms with Gasteiger partial charge in [-0.05, 0) is 39.2 Å². The second-order valence-corrected chi connectivity index (χ2v) is 6.94. The fourth-order valence-electron chi connectivity index (χ4n) is 3.96. The average molecular weight is 393 g/mol. The van der Waals surface area contributed by atoms with Gasteiger partial charge in [0.2, 0.25) is 5.91 Å². The minimum absolute atomic E-state index is 0. The fraction of sp³-hybridized carbons (Fsp3) is 0.765. The molecule has 1 saturated heterocycles. The normalized spacial score (nSPS) is 23.9. The lowest BCUT2D eigenvalue weighted by Crippen LogP contribution is -2.50. The molecule has 1 aliphatic carbocycles. The quantitative estimate of drug-likeness (QED) is 0.849. The van der Waals surface area contributed by atoms with Crippen LogP contribution < -0.4 is 5.73 Å². The molecule has 0 radical (unpaired) electrons. The van der Waals surface area contributed by atoms with Gasteiger partial charge in [0.25, 0.3) is 0 Å². The molecule has 1 amide bonds. The van der Waals surface area contributed by atoms with Gasteiger partial charge in [-0.1, -0.05) is 11.6 Å². The molecule has 1 aromatic rings. The Morgan fingerprint density at radius 1 is 1.20 bits per heavy atom. The summed E-state index contributed by atoms with van der Waals surface area (Å²) in [6.07, 6.45) is 3.27. The predicted octanol–water partition coefficient (Wildman–Crippen LogP) is 2.15. The van der Waals surface area contributed by atoms with Gasteiger partial charge in [0.15, 0.2) is 0 Å². The van der Waals surface area contributed by atoms with Crippen molar-refractivity contribution in [1.82, 2.24) is 15.0 Å². The lowest BCUT2D eigenvalue weighted by atomic mass is 9.94. The molecule has 0 aromatic carbocycles. The summed E-state index contributed by atoms with van der Waals surface area (Å²) in [4.78, 5) is 17.2. The summed E-state index contributed by atoms with van der Waals surface area (Å²) in [5, 5.41) is 4.02. The van der Waals surface area contributed by atoms with Gasteiger partial charge in [-0.15, -0.1) is 24.8 Å². The molecule has 2 atom stereocenters. The number of carbonyl (C=O) groups is 1. The van der Waals surface area contributed by atoms with Gasteiger partial charge in [-0.25, -0.2) is 0 Å². The Labute approximate surface area is 162 Å². The SMILES string of the molecule is Cc1noc(C)c1CN1CCN(C(=O)[C@@H]2CCC[C@@H]2CN)CC1.Cl.Cl. The molecule has 8 heteroatoms. The van der Waals surface area contributed by atoms with E-state index in [4.69, 9.17) is 10.3 Å². The summed E-state index contributed by atoms with van der Waals surface area (Å²) in [7, 11) is 0. The Kier molecular flexibility index (Phi) is 8.68. The Hall–Kier alpha value is -0.820. The number of hydrogen-bond acceptors (Lipinski definition) is 5. The molecule has 0 spiro atoms. The van der Waals surface area contributed by atoms with E-state index in [1.54, 1.807) is 0 Å². The van der Waals surface area contributed by atoms with Gasteiger partial charge in [-0.3, -0.25) is 9.69 Å². The zero-order valence-electron chi connectivity index (χ0n) is 15.1. The number of halogens is 2. The summed E-state index contributed by atoms with van der Waals surface area (Å²) in [6, 6.07) is 0. The van der Waals surface area contributed by atoms with E-state index in [-0.39, 0.29) is 30.7 Å². The van der Waals surface area contributed by atoms with Crippen molar-refractivity contribution in [3.05, 3.63) is 17.0 Å². The number of piperazine rings is 1. The highest BCUT2D eigenvalue weighted by Crippen LogP contribution is 2.32. The molecule has 2 N–H and O–H groups in total. The van der Waals surface area contributed by atoms with Crippen LogP contribution in [-0.4, -0.2) is 53.6 Å². The van der Waals surface area contributed by atoms with Gasteiger partial charge in [0, 0.05) is 44.2 Å². The topological polar surface area (TPSA) is 75.6 Å². The van der Waals surface area contributed by atoms with Crippen molar-refractivity contribution in [2.24, 2.45) is 17.6 Å². The van der Waals surface area contributed by atoms with Gasteiger partial charge >= 0.3 is 0 Å². The number of nitrogens with zero attached hydrogens (tertiary/aromatic N) is 3. The first-order chi connectivity index (χ1) is 11.1. The number of hydrogen-bond donors (Lipinski definition) is 1. The van der Waals surface area contributed by atoms with E-state index in [1.165, 1.54) is 5.56 Å². The van der Waals surface area contributed by atoms with Crippen molar-refractivity contribution in [1.29, 1.82) is 0 Å². The second kappa shape index (κ2) is 9.76. The first-order valence-corrected chi connectivity index (χ1v) is 8.73. The highest BCUT2D eigenvalue weighted by molar-refractivity contribution is 5.85. The number of aryl methyl sites for hydroxylation is 2. The maximum absolute atomic E-state index is 12.7. The lowest BCUT2D eigenvalue weighted by molar-refractivity contribution is -0.138. The first kappa shape index (κ1) is 22.2. The molecule has 2 fully saturated rings. The van der Waals surface area contributed by atoms with Crippen LogP contribution in [0.4, 0.5) is 0 Å². The molecule has 0 bridgehead atoms. The molecule has 6 nitrogen and oxygen atoms in total. The smallest absolute Gasteiger partial charge is 0.226 e. The molecule has 144 valence electrons. The van der Waals surface area contributed by atoms with Crippen LogP contribution >= 0.6 is 24.8 Å². The minimum atomic E-state index is 0. The molecule has 1 saturated carbocycles. The van der Waals surface area contributed by atoms with Crippen molar-refractivity contribution in [3.63, 3.8) is 0 Å². The Bertz CT molecular complexity index is 539. The molecule has 2 aliphatic rings. The van der Waals surface area contributed by atoms with Crippen molar-refractivity contribution in [3.8, 4) is 0 Å². The maximum atomic E-state index is 12.7. The number of rotatable bonds is 4. The van der Waals surface area contributed by atoms with Crippen LogP contribution in [-0.2, 0) is 11.3 Å². The van der Waals surface area contributed by atoms with Crippen LogP contribution in [0, 0.1) is 25.7 Å². The van der Waals surface area contributed by atoms with Gasteiger partial charge in [0.1, 0.15) is 5.76 Å². The molecule has 25 heavy (non-hydrogen) atoms. The van der Waals surface area contributed by atoms with E-state index in [9.17, 15) is 4.79 Å². The van der Waals surface area contributed by atoms with Crippen LogP contribution in [0.5, 0.6) is 0 Å². The third-order valence-electron chi connectivity index (χ3n) is 5.53. The van der Waals surface area contributed by atoms with Gasteiger partial charge in [0.05, 0.1) is 5.69 Å². The summed E-state index contributed by atoms with van der Waals surface area (Å²) in [6.45, 7) is 8.90. The highest BCUT2D eigenvalue weighted by atomic mass is 35.5. The highest BCUT2D eigenvalue weighted by Gasteiger charge is 2.35. The van der Waals surface area contributed by atoms with E-state index in [0.717, 1.165) is 63.4 Å². The maximum Gasteiger partial charge on any atom is 0.226 e. The van der Waals surface area contributed by atoms with E-state index in [2.05, 4.69) is 10.1 Å². The zero-order valence-corrected chi connectivity index (χ0v) is 16.7. The second-order valence-electron chi connectivity index (χ2n) is 6.94. The van der Waals surface area contributed by atoms with Crippen LogP contribution in [0.3, 0.4) is 0 Å². The third-order valence-corrected chi connectivity index (χ3v) is 5.53.